The first-order valence-corrected chi connectivity index (χ1v) is 5.93. The highest BCUT2D eigenvalue weighted by Crippen LogP contribution is 2.27. The molecule has 0 spiro atoms. The smallest absolute Gasteiger partial charge is 0.349 e. The molecule has 0 heterocycles. The van der Waals surface area contributed by atoms with Gasteiger partial charge in [-0.25, -0.2) is 0 Å². The largest absolute Gasteiger partial charge is 0.349 e. The minimum atomic E-state index is -3.49. The first kappa shape index (κ1) is 17.8. The summed E-state index contributed by atoms with van der Waals surface area (Å²) in [7, 11) is 0. The molecule has 1 rings (SSSR count). The van der Waals surface area contributed by atoms with Crippen LogP contribution in [0.4, 0.5) is 8.78 Å². The van der Waals surface area contributed by atoms with Crippen molar-refractivity contribution in [3.05, 3.63) is 35.9 Å². The molecule has 1 amide bonds. The van der Waals surface area contributed by atoms with Crippen molar-refractivity contribution in [2.45, 2.75) is 25.8 Å². The quantitative estimate of drug-likeness (QED) is 0.845. The van der Waals surface area contributed by atoms with E-state index in [-0.39, 0.29) is 30.6 Å². The second-order valence-electron chi connectivity index (χ2n) is 4.11. The molecule has 3 nitrogen and oxygen atoms in total. The number of hydrogen-bond acceptors (Lipinski definition) is 2. The van der Waals surface area contributed by atoms with Crippen LogP contribution in [0.3, 0.4) is 0 Å². The number of benzene rings is 1. The molecule has 0 aromatic heterocycles. The van der Waals surface area contributed by atoms with E-state index < -0.39 is 11.8 Å². The van der Waals surface area contributed by atoms with Gasteiger partial charge in [-0.1, -0.05) is 37.3 Å². The van der Waals surface area contributed by atoms with Gasteiger partial charge in [0.1, 0.15) is 0 Å². The summed E-state index contributed by atoms with van der Waals surface area (Å²) >= 11 is 0. The van der Waals surface area contributed by atoms with Gasteiger partial charge in [-0.2, -0.15) is 8.78 Å². The van der Waals surface area contributed by atoms with Crippen LogP contribution in [0.1, 0.15) is 19.4 Å². The lowest BCUT2D eigenvalue weighted by molar-refractivity contribution is -0.147. The van der Waals surface area contributed by atoms with Gasteiger partial charge < -0.3 is 10.6 Å². The molecule has 2 N–H and O–H groups in total. The maximum Gasteiger partial charge on any atom is 0.349 e. The third-order valence-corrected chi connectivity index (χ3v) is 2.54. The Labute approximate surface area is 118 Å². The Kier molecular flexibility index (Phi) is 7.56. The summed E-state index contributed by atoms with van der Waals surface area (Å²) in [6.07, 6.45) is 0. The van der Waals surface area contributed by atoms with Crippen molar-refractivity contribution in [1.82, 2.24) is 10.6 Å². The number of amides is 1. The summed E-state index contributed by atoms with van der Waals surface area (Å²) in [6, 6.07) is 7.05. The maximum atomic E-state index is 13.8. The number of likely N-dealkylation sites (N-methyl/N-ethyl adjacent to an activating group) is 1. The molecule has 0 saturated carbocycles. The highest BCUT2D eigenvalue weighted by Gasteiger charge is 2.40. The number of alkyl halides is 2. The van der Waals surface area contributed by atoms with Crippen molar-refractivity contribution >= 4 is 18.3 Å². The van der Waals surface area contributed by atoms with Gasteiger partial charge in [0.25, 0.3) is 5.91 Å². The highest BCUT2D eigenvalue weighted by atomic mass is 35.5. The average Bonchev–Trinajstić information content (AvgIpc) is 2.37. The van der Waals surface area contributed by atoms with Gasteiger partial charge in [-0.15, -0.1) is 12.4 Å². The van der Waals surface area contributed by atoms with E-state index >= 15 is 0 Å². The van der Waals surface area contributed by atoms with Crippen molar-refractivity contribution in [1.29, 1.82) is 0 Å². The zero-order chi connectivity index (χ0) is 13.6. The third kappa shape index (κ3) is 5.12. The molecule has 0 fully saturated rings. The number of halogens is 3. The first-order chi connectivity index (χ1) is 8.48. The van der Waals surface area contributed by atoms with Gasteiger partial charge in [-0.3, -0.25) is 4.79 Å². The van der Waals surface area contributed by atoms with Crippen LogP contribution in [0.5, 0.6) is 0 Å². The van der Waals surface area contributed by atoms with Gasteiger partial charge >= 0.3 is 5.92 Å². The summed E-state index contributed by atoms with van der Waals surface area (Å²) < 4.78 is 27.5. The van der Waals surface area contributed by atoms with Crippen LogP contribution in [0.15, 0.2) is 30.3 Å². The van der Waals surface area contributed by atoms with E-state index in [4.69, 9.17) is 0 Å². The van der Waals surface area contributed by atoms with Crippen LogP contribution in [0, 0.1) is 0 Å². The van der Waals surface area contributed by atoms with E-state index in [1.807, 2.05) is 13.8 Å². The van der Waals surface area contributed by atoms with Crippen LogP contribution in [0.25, 0.3) is 0 Å². The van der Waals surface area contributed by atoms with E-state index in [1.165, 1.54) is 24.3 Å². The predicted octanol–water partition coefficient (Wildman–Crippen LogP) is 2.31. The van der Waals surface area contributed by atoms with Gasteiger partial charge in [0, 0.05) is 18.2 Å². The molecular formula is C13H19ClF2N2O. The molecular weight excluding hydrogens is 274 g/mol. The Hall–Kier alpha value is -1.20. The van der Waals surface area contributed by atoms with Crippen molar-refractivity contribution in [3.8, 4) is 0 Å². The van der Waals surface area contributed by atoms with Crippen molar-refractivity contribution in [2.24, 2.45) is 0 Å². The fourth-order valence-electron chi connectivity index (χ4n) is 1.56. The lowest BCUT2D eigenvalue weighted by atomic mass is 10.1. The van der Waals surface area contributed by atoms with Gasteiger partial charge in [0.2, 0.25) is 0 Å². The summed E-state index contributed by atoms with van der Waals surface area (Å²) in [6.45, 7) is 4.64. The molecule has 0 aliphatic heterocycles. The third-order valence-electron chi connectivity index (χ3n) is 2.54. The van der Waals surface area contributed by atoms with Gasteiger partial charge in [0.05, 0.1) is 0 Å². The molecule has 1 atom stereocenters. The minimum Gasteiger partial charge on any atom is -0.349 e. The van der Waals surface area contributed by atoms with Gasteiger partial charge in [0.15, 0.2) is 0 Å². The fourth-order valence-corrected chi connectivity index (χ4v) is 1.56. The monoisotopic (exact) mass is 292 g/mol. The maximum absolute atomic E-state index is 13.8. The summed E-state index contributed by atoms with van der Waals surface area (Å²) in [5.41, 5.74) is -0.293. The molecule has 0 unspecified atom stereocenters. The van der Waals surface area contributed by atoms with Gasteiger partial charge in [-0.05, 0) is 13.5 Å². The Morgan fingerprint density at radius 2 is 1.89 bits per heavy atom. The lowest BCUT2D eigenvalue weighted by Gasteiger charge is -2.18. The molecule has 108 valence electrons. The van der Waals surface area contributed by atoms with Crippen molar-refractivity contribution < 1.29 is 13.6 Å². The average molecular weight is 293 g/mol. The predicted molar refractivity (Wildman–Crippen MR) is 73.7 cm³/mol. The summed E-state index contributed by atoms with van der Waals surface area (Å²) in [5.74, 6) is -4.76. The van der Waals surface area contributed by atoms with E-state index in [0.29, 0.717) is 0 Å². The number of hydrogen-bond donors (Lipinski definition) is 2. The Morgan fingerprint density at radius 3 is 2.42 bits per heavy atom. The molecule has 1 aromatic rings. The van der Waals surface area contributed by atoms with E-state index in [9.17, 15) is 13.6 Å². The minimum absolute atomic E-state index is 0. The van der Waals surface area contributed by atoms with E-state index in [2.05, 4.69) is 10.6 Å². The van der Waals surface area contributed by atoms with Crippen LogP contribution in [0.2, 0.25) is 0 Å². The fraction of sp³-hybridized carbons (Fsp3) is 0.462. The first-order valence-electron chi connectivity index (χ1n) is 5.93. The zero-order valence-electron chi connectivity index (χ0n) is 11.0. The summed E-state index contributed by atoms with van der Waals surface area (Å²) in [5, 5.41) is 5.29. The highest BCUT2D eigenvalue weighted by molar-refractivity contribution is 5.85. The number of nitrogens with one attached hydrogen (secondary N) is 2. The second-order valence-corrected chi connectivity index (χ2v) is 4.11. The van der Waals surface area contributed by atoms with E-state index in [0.717, 1.165) is 6.54 Å². The molecule has 0 bridgehead atoms. The SMILES string of the molecule is CCN[C@H](C)CNC(=O)C(F)(F)c1ccccc1.Cl. The second kappa shape index (κ2) is 8.07. The van der Waals surface area contributed by atoms with Crippen molar-refractivity contribution in [3.63, 3.8) is 0 Å². The normalized spacial score (nSPS) is 12.4. The molecule has 0 saturated heterocycles. The molecule has 1 aromatic carbocycles. The number of carbonyl (C=O) groups is 1. The molecule has 6 heteroatoms. The standard InChI is InChI=1S/C13H18F2N2O.ClH/c1-3-16-10(2)9-17-12(18)13(14,15)11-7-5-4-6-8-11;/h4-8,10,16H,3,9H2,1-2H3,(H,17,18);1H/t10-;/m1./s1. The summed E-state index contributed by atoms with van der Waals surface area (Å²) in [4.78, 5) is 11.5. The Balaban J connectivity index is 0.00000324. The molecule has 0 aliphatic carbocycles. The molecule has 0 aliphatic rings. The van der Waals surface area contributed by atoms with E-state index in [1.54, 1.807) is 6.07 Å². The lowest BCUT2D eigenvalue weighted by Crippen LogP contribution is -2.44. The van der Waals surface area contributed by atoms with Crippen LogP contribution in [-0.2, 0) is 10.7 Å². The van der Waals surface area contributed by atoms with Crippen molar-refractivity contribution in [2.75, 3.05) is 13.1 Å². The number of carbonyl (C=O) groups excluding carboxylic acids is 1. The molecule has 19 heavy (non-hydrogen) atoms. The Morgan fingerprint density at radius 1 is 1.32 bits per heavy atom. The van der Waals surface area contributed by atoms with Crippen LogP contribution >= 0.6 is 12.4 Å². The topological polar surface area (TPSA) is 41.1 Å². The van der Waals surface area contributed by atoms with Crippen LogP contribution in [-0.4, -0.2) is 25.0 Å². The Bertz CT molecular complexity index is 387. The number of rotatable bonds is 6. The molecule has 0 radical (unpaired) electrons. The zero-order valence-corrected chi connectivity index (χ0v) is 11.8. The van der Waals surface area contributed by atoms with Crippen LogP contribution < -0.4 is 10.6 Å².